The van der Waals surface area contributed by atoms with Gasteiger partial charge in [0.2, 0.25) is 0 Å². The number of nitrogens with zero attached hydrogens (tertiary/aromatic N) is 5. The third-order valence-electron chi connectivity index (χ3n) is 2.91. The molecular formula is C12H18N6. The second-order valence-corrected chi connectivity index (χ2v) is 4.50. The summed E-state index contributed by atoms with van der Waals surface area (Å²) in [5.74, 6) is 1.67. The number of hydrogen-bond donors (Lipinski definition) is 1. The predicted molar refractivity (Wildman–Crippen MR) is 67.8 cm³/mol. The summed E-state index contributed by atoms with van der Waals surface area (Å²) >= 11 is 0. The van der Waals surface area contributed by atoms with Gasteiger partial charge in [-0.15, -0.1) is 0 Å². The van der Waals surface area contributed by atoms with Crippen LogP contribution in [0.2, 0.25) is 0 Å². The van der Waals surface area contributed by atoms with Crippen LogP contribution in [0.4, 0.5) is 0 Å². The number of H-pyrrole nitrogens is 1. The zero-order chi connectivity index (χ0) is 13.0. The van der Waals surface area contributed by atoms with Crippen LogP contribution in [-0.4, -0.2) is 43.1 Å². The first-order chi connectivity index (χ1) is 8.65. The van der Waals surface area contributed by atoms with E-state index >= 15 is 0 Å². The third-order valence-corrected chi connectivity index (χ3v) is 2.91. The lowest BCUT2D eigenvalue weighted by atomic mass is 10.1. The molecule has 0 radical (unpaired) electrons. The van der Waals surface area contributed by atoms with Gasteiger partial charge in [0.05, 0.1) is 12.2 Å². The van der Waals surface area contributed by atoms with E-state index in [9.17, 15) is 0 Å². The molecule has 1 N–H and O–H groups in total. The van der Waals surface area contributed by atoms with Gasteiger partial charge in [-0.25, -0.2) is 4.98 Å². The number of nitrogens with one attached hydrogen (secondary N) is 1. The van der Waals surface area contributed by atoms with E-state index in [0.717, 1.165) is 30.3 Å². The summed E-state index contributed by atoms with van der Waals surface area (Å²) in [7, 11) is 2.06. The van der Waals surface area contributed by atoms with E-state index in [-0.39, 0.29) is 0 Å². The predicted octanol–water partition coefficient (Wildman–Crippen LogP) is 0.966. The first-order valence-electron chi connectivity index (χ1n) is 5.98. The standard InChI is InChI=1S/C12H18N6/c1-9(6-11-7-13-4-5-14-11)18(3)8-12-15-10(2)16-17-12/h4-5,7,9H,6,8H2,1-3H3,(H,15,16,17). The van der Waals surface area contributed by atoms with Crippen molar-refractivity contribution in [2.45, 2.75) is 32.9 Å². The molecule has 0 saturated heterocycles. The maximum absolute atomic E-state index is 4.30. The summed E-state index contributed by atoms with van der Waals surface area (Å²) < 4.78 is 0. The molecule has 0 aliphatic heterocycles. The Bertz CT molecular complexity index is 480. The molecule has 96 valence electrons. The molecule has 2 heterocycles. The zero-order valence-corrected chi connectivity index (χ0v) is 11.0. The van der Waals surface area contributed by atoms with E-state index in [1.807, 2.05) is 6.92 Å². The molecule has 2 rings (SSSR count). The Morgan fingerprint density at radius 3 is 2.83 bits per heavy atom. The van der Waals surface area contributed by atoms with Crippen LogP contribution in [0.25, 0.3) is 0 Å². The molecule has 6 heteroatoms. The average Bonchev–Trinajstić information content (AvgIpc) is 2.76. The molecular weight excluding hydrogens is 228 g/mol. The van der Waals surface area contributed by atoms with E-state index in [4.69, 9.17) is 0 Å². The van der Waals surface area contributed by atoms with Crippen molar-refractivity contribution in [3.63, 3.8) is 0 Å². The van der Waals surface area contributed by atoms with Crippen LogP contribution in [0, 0.1) is 6.92 Å². The van der Waals surface area contributed by atoms with Crippen molar-refractivity contribution in [2.24, 2.45) is 0 Å². The van der Waals surface area contributed by atoms with Crippen molar-refractivity contribution in [2.75, 3.05) is 7.05 Å². The number of aromatic nitrogens is 5. The molecule has 0 aliphatic carbocycles. The fourth-order valence-corrected chi connectivity index (χ4v) is 1.73. The van der Waals surface area contributed by atoms with Gasteiger partial charge in [0.1, 0.15) is 5.82 Å². The van der Waals surface area contributed by atoms with Crippen molar-refractivity contribution < 1.29 is 0 Å². The van der Waals surface area contributed by atoms with Crippen LogP contribution in [0.1, 0.15) is 24.3 Å². The highest BCUT2D eigenvalue weighted by molar-refractivity contribution is 4.97. The normalized spacial score (nSPS) is 12.9. The quantitative estimate of drug-likeness (QED) is 0.851. The number of aryl methyl sites for hydroxylation is 1. The Morgan fingerprint density at radius 2 is 2.22 bits per heavy atom. The van der Waals surface area contributed by atoms with Crippen LogP contribution in [0.5, 0.6) is 0 Å². The van der Waals surface area contributed by atoms with Gasteiger partial charge in [-0.05, 0) is 20.9 Å². The van der Waals surface area contributed by atoms with E-state index in [1.54, 1.807) is 18.6 Å². The molecule has 0 spiro atoms. The lowest BCUT2D eigenvalue weighted by Gasteiger charge is -2.22. The molecule has 6 nitrogen and oxygen atoms in total. The van der Waals surface area contributed by atoms with Gasteiger partial charge in [0.25, 0.3) is 0 Å². The lowest BCUT2D eigenvalue weighted by molar-refractivity contribution is 0.241. The van der Waals surface area contributed by atoms with Crippen LogP contribution in [0.3, 0.4) is 0 Å². The summed E-state index contributed by atoms with van der Waals surface area (Å²) in [5.41, 5.74) is 1.00. The van der Waals surface area contributed by atoms with Gasteiger partial charge in [-0.1, -0.05) is 0 Å². The highest BCUT2D eigenvalue weighted by Gasteiger charge is 2.13. The summed E-state index contributed by atoms with van der Waals surface area (Å²) in [6.45, 7) is 4.79. The van der Waals surface area contributed by atoms with Crippen molar-refractivity contribution in [1.82, 2.24) is 30.0 Å². The van der Waals surface area contributed by atoms with Crippen molar-refractivity contribution in [3.05, 3.63) is 35.9 Å². The molecule has 18 heavy (non-hydrogen) atoms. The van der Waals surface area contributed by atoms with E-state index in [0.29, 0.717) is 6.04 Å². The SMILES string of the molecule is Cc1nc(CN(C)C(C)Cc2cnccn2)n[nH]1. The topological polar surface area (TPSA) is 70.6 Å². The second kappa shape index (κ2) is 5.68. The summed E-state index contributed by atoms with van der Waals surface area (Å²) in [6, 6.07) is 0.362. The van der Waals surface area contributed by atoms with Crippen LogP contribution < -0.4 is 0 Å². The number of rotatable bonds is 5. The fourth-order valence-electron chi connectivity index (χ4n) is 1.73. The molecule has 1 atom stereocenters. The molecule has 0 aliphatic rings. The Labute approximate surface area is 106 Å². The lowest BCUT2D eigenvalue weighted by Crippen LogP contribution is -2.31. The molecule has 0 bridgehead atoms. The van der Waals surface area contributed by atoms with Crippen LogP contribution in [0.15, 0.2) is 18.6 Å². The first-order valence-corrected chi connectivity index (χ1v) is 5.98. The molecule has 2 aromatic heterocycles. The molecule has 2 aromatic rings. The largest absolute Gasteiger partial charge is 0.296 e. The number of aromatic amines is 1. The minimum Gasteiger partial charge on any atom is -0.296 e. The summed E-state index contributed by atoms with van der Waals surface area (Å²) in [6.07, 6.45) is 6.09. The van der Waals surface area contributed by atoms with Crippen molar-refractivity contribution in [1.29, 1.82) is 0 Å². The van der Waals surface area contributed by atoms with Gasteiger partial charge in [0.15, 0.2) is 5.82 Å². The van der Waals surface area contributed by atoms with Gasteiger partial charge >= 0.3 is 0 Å². The minimum absolute atomic E-state index is 0.362. The highest BCUT2D eigenvalue weighted by atomic mass is 15.2. The Hall–Kier alpha value is -1.82. The maximum atomic E-state index is 4.30. The van der Waals surface area contributed by atoms with Gasteiger partial charge in [0, 0.05) is 31.1 Å². The fraction of sp³-hybridized carbons (Fsp3) is 0.500. The molecule has 0 saturated carbocycles. The van der Waals surface area contributed by atoms with Crippen molar-refractivity contribution >= 4 is 0 Å². The van der Waals surface area contributed by atoms with Crippen LogP contribution >= 0.6 is 0 Å². The summed E-state index contributed by atoms with van der Waals surface area (Å²) in [5, 5.41) is 6.99. The van der Waals surface area contributed by atoms with Crippen molar-refractivity contribution in [3.8, 4) is 0 Å². The molecule has 0 amide bonds. The van der Waals surface area contributed by atoms with Gasteiger partial charge in [-0.3, -0.25) is 20.0 Å². The Balaban J connectivity index is 1.90. The molecule has 0 fully saturated rings. The zero-order valence-electron chi connectivity index (χ0n) is 11.0. The minimum atomic E-state index is 0.362. The van der Waals surface area contributed by atoms with E-state index in [2.05, 4.69) is 44.0 Å². The first kappa shape index (κ1) is 12.6. The number of hydrogen-bond acceptors (Lipinski definition) is 5. The average molecular weight is 246 g/mol. The smallest absolute Gasteiger partial charge is 0.164 e. The molecule has 0 aromatic carbocycles. The highest BCUT2D eigenvalue weighted by Crippen LogP contribution is 2.06. The van der Waals surface area contributed by atoms with Gasteiger partial charge < -0.3 is 0 Å². The summed E-state index contributed by atoms with van der Waals surface area (Å²) in [4.78, 5) is 14.9. The Morgan fingerprint density at radius 1 is 1.39 bits per heavy atom. The third kappa shape index (κ3) is 3.33. The van der Waals surface area contributed by atoms with Crippen LogP contribution in [-0.2, 0) is 13.0 Å². The van der Waals surface area contributed by atoms with E-state index in [1.165, 1.54) is 0 Å². The van der Waals surface area contributed by atoms with Gasteiger partial charge in [-0.2, -0.15) is 5.10 Å². The maximum Gasteiger partial charge on any atom is 0.164 e. The Kier molecular flexibility index (Phi) is 3.99. The number of likely N-dealkylation sites (N-methyl/N-ethyl adjacent to an activating group) is 1. The second-order valence-electron chi connectivity index (χ2n) is 4.50. The monoisotopic (exact) mass is 246 g/mol. The molecule has 1 unspecified atom stereocenters. The van der Waals surface area contributed by atoms with E-state index < -0.39 is 0 Å².